The van der Waals surface area contributed by atoms with E-state index in [9.17, 15) is 9.18 Å². The van der Waals surface area contributed by atoms with E-state index < -0.39 is 0 Å². The first-order valence-corrected chi connectivity index (χ1v) is 7.88. The van der Waals surface area contributed by atoms with E-state index in [2.05, 4.69) is 25.7 Å². The van der Waals surface area contributed by atoms with Crippen molar-refractivity contribution >= 4 is 11.9 Å². The number of nitrogens with one attached hydrogen (secondary N) is 1. The molecule has 128 valence electrons. The SMILES string of the molecule is Nc1nnnn1CC(=O)NC1CCN(Cc2ccc(F)cc2)CC1. The van der Waals surface area contributed by atoms with Gasteiger partial charge in [0.05, 0.1) is 0 Å². The predicted molar refractivity (Wildman–Crippen MR) is 85.1 cm³/mol. The van der Waals surface area contributed by atoms with Gasteiger partial charge in [0.15, 0.2) is 0 Å². The van der Waals surface area contributed by atoms with Gasteiger partial charge in [-0.3, -0.25) is 9.69 Å². The highest BCUT2D eigenvalue weighted by Crippen LogP contribution is 2.14. The van der Waals surface area contributed by atoms with Crippen LogP contribution >= 0.6 is 0 Å². The van der Waals surface area contributed by atoms with Crippen LogP contribution in [0, 0.1) is 5.82 Å². The number of amides is 1. The summed E-state index contributed by atoms with van der Waals surface area (Å²) in [5.41, 5.74) is 6.63. The second-order valence-corrected chi connectivity index (χ2v) is 5.94. The fraction of sp³-hybridized carbons (Fsp3) is 0.467. The second kappa shape index (κ2) is 7.35. The maximum absolute atomic E-state index is 12.9. The van der Waals surface area contributed by atoms with E-state index in [0.717, 1.165) is 38.0 Å². The molecule has 0 radical (unpaired) electrons. The second-order valence-electron chi connectivity index (χ2n) is 5.94. The summed E-state index contributed by atoms with van der Waals surface area (Å²) < 4.78 is 14.2. The molecule has 1 aromatic carbocycles. The minimum atomic E-state index is -0.219. The lowest BCUT2D eigenvalue weighted by Gasteiger charge is -2.32. The van der Waals surface area contributed by atoms with Crippen LogP contribution in [-0.4, -0.2) is 50.1 Å². The molecule has 2 heterocycles. The monoisotopic (exact) mass is 333 g/mol. The van der Waals surface area contributed by atoms with E-state index in [-0.39, 0.29) is 30.3 Å². The summed E-state index contributed by atoms with van der Waals surface area (Å²) in [5.74, 6) is -0.242. The Labute approximate surface area is 138 Å². The molecule has 24 heavy (non-hydrogen) atoms. The van der Waals surface area contributed by atoms with Crippen molar-refractivity contribution in [2.24, 2.45) is 0 Å². The number of hydrogen-bond acceptors (Lipinski definition) is 6. The molecule has 2 aromatic rings. The van der Waals surface area contributed by atoms with E-state index in [1.807, 2.05) is 0 Å². The van der Waals surface area contributed by atoms with Gasteiger partial charge in [-0.1, -0.05) is 17.2 Å². The standard InChI is InChI=1S/C15H20FN7O/c16-12-3-1-11(2-4-12)9-22-7-5-13(6-8-22)18-14(24)10-23-15(17)19-20-21-23/h1-4,13H,5-10H2,(H,18,24)(H2,17,19,21). The van der Waals surface area contributed by atoms with E-state index >= 15 is 0 Å². The van der Waals surface area contributed by atoms with Crippen LogP contribution in [-0.2, 0) is 17.9 Å². The molecule has 8 nitrogen and oxygen atoms in total. The van der Waals surface area contributed by atoms with Crippen LogP contribution < -0.4 is 11.1 Å². The van der Waals surface area contributed by atoms with Crippen molar-refractivity contribution in [1.82, 2.24) is 30.4 Å². The molecule has 0 spiro atoms. The summed E-state index contributed by atoms with van der Waals surface area (Å²) in [7, 11) is 0. The third kappa shape index (κ3) is 4.25. The van der Waals surface area contributed by atoms with E-state index in [0.29, 0.717) is 0 Å². The third-order valence-electron chi connectivity index (χ3n) is 4.13. The molecule has 0 aliphatic carbocycles. The normalized spacial score (nSPS) is 16.2. The number of hydrogen-bond donors (Lipinski definition) is 2. The Morgan fingerprint density at radius 2 is 2.00 bits per heavy atom. The van der Waals surface area contributed by atoms with Gasteiger partial charge in [-0.15, -0.1) is 0 Å². The van der Waals surface area contributed by atoms with Crippen molar-refractivity contribution in [3.63, 3.8) is 0 Å². The summed E-state index contributed by atoms with van der Waals surface area (Å²) in [4.78, 5) is 14.3. The minimum absolute atomic E-state index is 0.0224. The van der Waals surface area contributed by atoms with Crippen molar-refractivity contribution < 1.29 is 9.18 Å². The number of tetrazole rings is 1. The molecule has 9 heteroatoms. The van der Waals surface area contributed by atoms with Gasteiger partial charge >= 0.3 is 0 Å². The van der Waals surface area contributed by atoms with Crippen LogP contribution in [0.2, 0.25) is 0 Å². The number of halogens is 1. The number of carbonyl (C=O) groups is 1. The Kier molecular flexibility index (Phi) is 4.99. The highest BCUT2D eigenvalue weighted by Gasteiger charge is 2.21. The minimum Gasteiger partial charge on any atom is -0.367 e. The van der Waals surface area contributed by atoms with Gasteiger partial charge in [-0.2, -0.15) is 0 Å². The van der Waals surface area contributed by atoms with Gasteiger partial charge in [-0.25, -0.2) is 9.07 Å². The predicted octanol–water partition coefficient (Wildman–Crippen LogP) is 0.175. The molecule has 1 saturated heterocycles. The Morgan fingerprint density at radius 1 is 1.29 bits per heavy atom. The quantitative estimate of drug-likeness (QED) is 0.809. The fourth-order valence-electron chi connectivity index (χ4n) is 2.82. The van der Waals surface area contributed by atoms with Gasteiger partial charge in [0.2, 0.25) is 11.9 Å². The lowest BCUT2D eigenvalue weighted by atomic mass is 10.0. The molecule has 1 amide bonds. The van der Waals surface area contributed by atoms with Gasteiger partial charge in [0, 0.05) is 25.7 Å². The first kappa shape index (κ1) is 16.3. The van der Waals surface area contributed by atoms with E-state index in [1.54, 1.807) is 12.1 Å². The highest BCUT2D eigenvalue weighted by atomic mass is 19.1. The topological polar surface area (TPSA) is 102 Å². The lowest BCUT2D eigenvalue weighted by Crippen LogP contribution is -2.45. The van der Waals surface area contributed by atoms with Gasteiger partial charge in [0.1, 0.15) is 12.4 Å². The number of aromatic nitrogens is 4. The molecule has 0 bridgehead atoms. The van der Waals surface area contributed by atoms with Crippen molar-refractivity contribution in [1.29, 1.82) is 0 Å². The number of carbonyl (C=O) groups excluding carboxylic acids is 1. The summed E-state index contributed by atoms with van der Waals surface area (Å²) in [5, 5.41) is 13.6. The van der Waals surface area contributed by atoms with Gasteiger partial charge in [-0.05, 0) is 41.0 Å². The van der Waals surface area contributed by atoms with Crippen LogP contribution in [0.3, 0.4) is 0 Å². The van der Waals surface area contributed by atoms with Crippen LogP contribution in [0.1, 0.15) is 18.4 Å². The fourth-order valence-corrected chi connectivity index (χ4v) is 2.82. The zero-order valence-electron chi connectivity index (χ0n) is 13.2. The maximum atomic E-state index is 12.9. The van der Waals surface area contributed by atoms with E-state index in [4.69, 9.17) is 5.73 Å². The third-order valence-corrected chi connectivity index (χ3v) is 4.13. The zero-order valence-corrected chi connectivity index (χ0v) is 13.2. The molecule has 1 aromatic heterocycles. The number of nitrogens with zero attached hydrogens (tertiary/aromatic N) is 5. The Bertz CT molecular complexity index is 679. The molecule has 0 saturated carbocycles. The van der Waals surface area contributed by atoms with Crippen LogP contribution in [0.4, 0.5) is 10.3 Å². The van der Waals surface area contributed by atoms with Gasteiger partial charge < -0.3 is 11.1 Å². The van der Waals surface area contributed by atoms with Gasteiger partial charge in [0.25, 0.3) is 0 Å². The number of likely N-dealkylation sites (tertiary alicyclic amines) is 1. The van der Waals surface area contributed by atoms with Crippen molar-refractivity contribution in [3.05, 3.63) is 35.6 Å². The average molecular weight is 333 g/mol. The summed E-state index contributed by atoms with van der Waals surface area (Å²) in [6.45, 7) is 2.58. The summed E-state index contributed by atoms with van der Waals surface area (Å²) >= 11 is 0. The number of benzene rings is 1. The van der Waals surface area contributed by atoms with Crippen molar-refractivity contribution in [2.75, 3.05) is 18.8 Å². The first-order valence-electron chi connectivity index (χ1n) is 7.88. The number of piperidine rings is 1. The van der Waals surface area contributed by atoms with Crippen molar-refractivity contribution in [3.8, 4) is 0 Å². The molecular weight excluding hydrogens is 313 g/mol. The highest BCUT2D eigenvalue weighted by molar-refractivity contribution is 5.76. The summed E-state index contributed by atoms with van der Waals surface area (Å²) in [6.07, 6.45) is 1.75. The zero-order chi connectivity index (χ0) is 16.9. The smallest absolute Gasteiger partial charge is 0.242 e. The van der Waals surface area contributed by atoms with Crippen LogP contribution in [0.5, 0.6) is 0 Å². The number of anilines is 1. The van der Waals surface area contributed by atoms with Crippen molar-refractivity contribution in [2.45, 2.75) is 32.0 Å². The van der Waals surface area contributed by atoms with Crippen LogP contribution in [0.15, 0.2) is 24.3 Å². The largest absolute Gasteiger partial charge is 0.367 e. The number of nitrogen functional groups attached to an aromatic ring is 1. The molecule has 0 unspecified atom stereocenters. The molecule has 3 N–H and O–H groups in total. The van der Waals surface area contributed by atoms with Crippen LogP contribution in [0.25, 0.3) is 0 Å². The Hall–Kier alpha value is -2.55. The summed E-state index contributed by atoms with van der Waals surface area (Å²) in [6, 6.07) is 6.71. The number of nitrogens with two attached hydrogens (primary N) is 1. The lowest BCUT2D eigenvalue weighted by molar-refractivity contribution is -0.122. The Balaban J connectivity index is 1.42. The maximum Gasteiger partial charge on any atom is 0.242 e. The number of rotatable bonds is 5. The Morgan fingerprint density at radius 3 is 2.62 bits per heavy atom. The average Bonchev–Trinajstić information content (AvgIpc) is 2.96. The molecule has 0 atom stereocenters. The first-order chi connectivity index (χ1) is 11.6. The molecular formula is C15H20FN7O. The molecule has 1 aliphatic rings. The van der Waals surface area contributed by atoms with E-state index in [1.165, 1.54) is 16.8 Å². The molecule has 1 fully saturated rings. The molecule has 1 aliphatic heterocycles. The molecule has 3 rings (SSSR count).